The molecule has 1 aliphatic rings. The van der Waals surface area contributed by atoms with Gasteiger partial charge in [-0.25, -0.2) is 0 Å². The lowest BCUT2D eigenvalue weighted by molar-refractivity contribution is -0.148. The number of rotatable bonds is 9. The van der Waals surface area contributed by atoms with E-state index in [1.807, 2.05) is 6.92 Å². The first kappa shape index (κ1) is 17.0. The topological polar surface area (TPSA) is 81.7 Å². The van der Waals surface area contributed by atoms with E-state index in [2.05, 4.69) is 5.32 Å². The number of Topliss-reactive ketones (excluding diaryl/α,β-unsaturated/α-hetero) is 1. The summed E-state index contributed by atoms with van der Waals surface area (Å²) in [5.41, 5.74) is 0.521. The molecule has 23 heavy (non-hydrogen) atoms. The monoisotopic (exact) mass is 319 g/mol. The molecule has 1 aromatic carbocycles. The van der Waals surface area contributed by atoms with E-state index in [0.717, 1.165) is 12.8 Å². The highest BCUT2D eigenvalue weighted by molar-refractivity contribution is 5.97. The minimum atomic E-state index is -0.546. The highest BCUT2D eigenvalue weighted by atomic mass is 16.5. The van der Waals surface area contributed by atoms with E-state index in [1.165, 1.54) is 0 Å². The van der Waals surface area contributed by atoms with Crippen LogP contribution in [0.25, 0.3) is 0 Å². The van der Waals surface area contributed by atoms with Crippen LogP contribution in [0.15, 0.2) is 24.3 Å². The fourth-order valence-corrected chi connectivity index (χ4v) is 1.98. The van der Waals surface area contributed by atoms with Gasteiger partial charge in [-0.15, -0.1) is 0 Å². The van der Waals surface area contributed by atoms with Crippen molar-refractivity contribution in [1.29, 1.82) is 0 Å². The van der Waals surface area contributed by atoms with Gasteiger partial charge >= 0.3 is 5.97 Å². The second-order valence-corrected chi connectivity index (χ2v) is 5.38. The fourth-order valence-electron chi connectivity index (χ4n) is 1.98. The average molecular weight is 319 g/mol. The largest absolute Gasteiger partial charge is 0.494 e. The summed E-state index contributed by atoms with van der Waals surface area (Å²) in [6.45, 7) is 2.16. The van der Waals surface area contributed by atoms with Gasteiger partial charge in [-0.05, 0) is 44.0 Å². The number of esters is 1. The molecule has 2 rings (SSSR count). The normalized spacial score (nSPS) is 13.3. The molecular weight excluding hydrogens is 298 g/mol. The number of hydrogen-bond donors (Lipinski definition) is 1. The van der Waals surface area contributed by atoms with E-state index in [-0.39, 0.29) is 37.2 Å². The summed E-state index contributed by atoms with van der Waals surface area (Å²) in [4.78, 5) is 34.9. The quantitative estimate of drug-likeness (QED) is 0.555. The number of carbonyl (C=O) groups excluding carboxylic acids is 3. The third-order valence-corrected chi connectivity index (χ3v) is 3.35. The van der Waals surface area contributed by atoms with Crippen LogP contribution in [0.2, 0.25) is 0 Å². The maximum atomic E-state index is 12.0. The lowest BCUT2D eigenvalue weighted by Gasteiger charge is -2.06. The lowest BCUT2D eigenvalue weighted by Crippen LogP contribution is -2.30. The van der Waals surface area contributed by atoms with Gasteiger partial charge in [0.1, 0.15) is 5.75 Å². The Morgan fingerprint density at radius 3 is 2.43 bits per heavy atom. The van der Waals surface area contributed by atoms with Gasteiger partial charge in [-0.1, -0.05) is 0 Å². The maximum Gasteiger partial charge on any atom is 0.306 e. The van der Waals surface area contributed by atoms with Gasteiger partial charge in [0.05, 0.1) is 13.0 Å². The Labute approximate surface area is 135 Å². The van der Waals surface area contributed by atoms with E-state index in [4.69, 9.17) is 9.47 Å². The van der Waals surface area contributed by atoms with Crippen molar-refractivity contribution in [3.8, 4) is 5.75 Å². The Hall–Kier alpha value is -2.37. The molecule has 1 saturated carbocycles. The third-order valence-electron chi connectivity index (χ3n) is 3.35. The Morgan fingerprint density at radius 2 is 1.83 bits per heavy atom. The molecule has 6 heteroatoms. The van der Waals surface area contributed by atoms with Crippen LogP contribution >= 0.6 is 0 Å². The van der Waals surface area contributed by atoms with Crippen molar-refractivity contribution in [2.75, 3.05) is 13.2 Å². The molecule has 0 radical (unpaired) electrons. The van der Waals surface area contributed by atoms with E-state index in [1.54, 1.807) is 24.3 Å². The molecule has 1 N–H and O–H groups in total. The van der Waals surface area contributed by atoms with E-state index < -0.39 is 5.97 Å². The molecule has 0 spiro atoms. The molecule has 0 atom stereocenters. The van der Waals surface area contributed by atoms with E-state index in [0.29, 0.717) is 17.9 Å². The van der Waals surface area contributed by atoms with Gasteiger partial charge in [-0.2, -0.15) is 0 Å². The van der Waals surface area contributed by atoms with Crippen LogP contribution in [0.4, 0.5) is 0 Å². The van der Waals surface area contributed by atoms with E-state index in [9.17, 15) is 14.4 Å². The van der Waals surface area contributed by atoms with Crippen LogP contribution in [-0.4, -0.2) is 36.9 Å². The van der Waals surface area contributed by atoms with Crippen LogP contribution in [0, 0.1) is 0 Å². The zero-order valence-corrected chi connectivity index (χ0v) is 13.2. The van der Waals surface area contributed by atoms with Crippen molar-refractivity contribution in [3.63, 3.8) is 0 Å². The molecule has 1 aliphatic carbocycles. The van der Waals surface area contributed by atoms with Gasteiger partial charge in [0.25, 0.3) is 5.91 Å². The van der Waals surface area contributed by atoms with Crippen LogP contribution < -0.4 is 10.1 Å². The number of ether oxygens (including phenoxy) is 2. The highest BCUT2D eigenvalue weighted by Crippen LogP contribution is 2.18. The first-order valence-corrected chi connectivity index (χ1v) is 7.79. The number of amides is 1. The molecule has 1 amide bonds. The molecular formula is C17H21NO5. The molecule has 1 aromatic rings. The van der Waals surface area contributed by atoms with Gasteiger partial charge in [0, 0.05) is 18.0 Å². The predicted molar refractivity (Wildman–Crippen MR) is 83.3 cm³/mol. The Morgan fingerprint density at radius 1 is 1.13 bits per heavy atom. The van der Waals surface area contributed by atoms with Gasteiger partial charge in [0.2, 0.25) is 0 Å². The second-order valence-electron chi connectivity index (χ2n) is 5.38. The molecule has 0 aromatic heterocycles. The highest BCUT2D eigenvalue weighted by Gasteiger charge is 2.23. The van der Waals surface area contributed by atoms with Crippen molar-refractivity contribution >= 4 is 17.7 Å². The van der Waals surface area contributed by atoms with Gasteiger partial charge in [-0.3, -0.25) is 14.4 Å². The number of nitrogens with one attached hydrogen (secondary N) is 1. The zero-order valence-electron chi connectivity index (χ0n) is 13.2. The average Bonchev–Trinajstić information content (AvgIpc) is 3.35. The molecule has 0 unspecified atom stereocenters. The second kappa shape index (κ2) is 8.31. The summed E-state index contributed by atoms with van der Waals surface area (Å²) < 4.78 is 10.1. The molecule has 0 bridgehead atoms. The maximum absolute atomic E-state index is 12.0. The minimum Gasteiger partial charge on any atom is -0.494 e. The van der Waals surface area contributed by atoms with E-state index >= 15 is 0 Å². The van der Waals surface area contributed by atoms with Crippen LogP contribution in [0.1, 0.15) is 43.0 Å². The molecule has 6 nitrogen and oxygen atoms in total. The van der Waals surface area contributed by atoms with Gasteiger partial charge in [0.15, 0.2) is 12.4 Å². The molecule has 1 fully saturated rings. The SMILES string of the molecule is CCOc1ccc(C(=O)CCC(=O)OCC(=O)NC2CC2)cc1. The fraction of sp³-hybridized carbons (Fsp3) is 0.471. The van der Waals surface area contributed by atoms with Crippen molar-refractivity contribution in [2.45, 2.75) is 38.6 Å². The Balaban J connectivity index is 1.68. The molecule has 0 heterocycles. The van der Waals surface area contributed by atoms with Crippen LogP contribution in [0.5, 0.6) is 5.75 Å². The zero-order chi connectivity index (χ0) is 16.7. The number of ketones is 1. The first-order valence-electron chi connectivity index (χ1n) is 7.79. The summed E-state index contributed by atoms with van der Waals surface area (Å²) in [5.74, 6) is -0.286. The summed E-state index contributed by atoms with van der Waals surface area (Å²) >= 11 is 0. The summed E-state index contributed by atoms with van der Waals surface area (Å²) in [6, 6.07) is 7.01. The lowest BCUT2D eigenvalue weighted by atomic mass is 10.1. The number of benzene rings is 1. The summed E-state index contributed by atoms with van der Waals surface area (Å²) in [5, 5.41) is 2.72. The molecule has 124 valence electrons. The standard InChI is InChI=1S/C17H21NO5/c1-2-22-14-7-3-12(4-8-14)15(19)9-10-17(21)23-11-16(20)18-13-5-6-13/h3-4,7-8,13H,2,5-6,9-11H2,1H3,(H,18,20). The van der Waals surface area contributed by atoms with Crippen molar-refractivity contribution in [3.05, 3.63) is 29.8 Å². The van der Waals surface area contributed by atoms with Crippen LogP contribution in [0.3, 0.4) is 0 Å². The number of carbonyl (C=O) groups is 3. The summed E-state index contributed by atoms with van der Waals surface area (Å²) in [6.07, 6.45) is 1.98. The number of hydrogen-bond acceptors (Lipinski definition) is 5. The van der Waals surface area contributed by atoms with Crippen LogP contribution in [-0.2, 0) is 14.3 Å². The summed E-state index contributed by atoms with van der Waals surface area (Å²) in [7, 11) is 0. The van der Waals surface area contributed by atoms with Crippen molar-refractivity contribution in [1.82, 2.24) is 5.32 Å². The smallest absolute Gasteiger partial charge is 0.306 e. The molecule has 0 aliphatic heterocycles. The van der Waals surface area contributed by atoms with Crippen molar-refractivity contribution < 1.29 is 23.9 Å². The minimum absolute atomic E-state index is 0.0389. The third kappa shape index (κ3) is 6.10. The first-order chi connectivity index (χ1) is 11.1. The Bertz CT molecular complexity index is 563. The molecule has 0 saturated heterocycles. The predicted octanol–water partition coefficient (Wildman–Crippen LogP) is 1.87. The Kier molecular flexibility index (Phi) is 6.14. The van der Waals surface area contributed by atoms with Gasteiger partial charge < -0.3 is 14.8 Å². The van der Waals surface area contributed by atoms with Crippen molar-refractivity contribution in [2.24, 2.45) is 0 Å².